The summed E-state index contributed by atoms with van der Waals surface area (Å²) >= 11 is 0. The van der Waals surface area contributed by atoms with Crippen molar-refractivity contribution in [2.24, 2.45) is 0 Å². The lowest BCUT2D eigenvalue weighted by molar-refractivity contribution is -0.385. The first-order valence-corrected chi connectivity index (χ1v) is 4.68. The fourth-order valence-electron chi connectivity index (χ4n) is 1.24. The molecule has 5 nitrogen and oxygen atoms in total. The number of non-ortho nitro benzene ring substituents is 1. The third-order valence-electron chi connectivity index (χ3n) is 2.05. The van der Waals surface area contributed by atoms with Crippen LogP contribution in [0.1, 0.15) is 11.5 Å². The number of nitro benzene ring substituents is 1. The standard InChI is InChI=1S/C11H7FN2O3/c12-10-7-9(14(15)16)3-1-8(10)2-4-11-13-5-6-17-11/h1-7H. The van der Waals surface area contributed by atoms with E-state index in [-0.39, 0.29) is 11.3 Å². The van der Waals surface area contributed by atoms with E-state index < -0.39 is 10.7 Å². The first kappa shape index (κ1) is 11.0. The van der Waals surface area contributed by atoms with Gasteiger partial charge in [0.05, 0.1) is 17.2 Å². The summed E-state index contributed by atoms with van der Waals surface area (Å²) in [7, 11) is 0. The molecule has 0 spiro atoms. The second kappa shape index (κ2) is 4.56. The molecule has 1 aromatic heterocycles. The van der Waals surface area contributed by atoms with Gasteiger partial charge in [-0.05, 0) is 12.1 Å². The van der Waals surface area contributed by atoms with Crippen LogP contribution in [0.2, 0.25) is 0 Å². The number of aromatic nitrogens is 1. The molecule has 0 radical (unpaired) electrons. The van der Waals surface area contributed by atoms with Crippen LogP contribution in [0.25, 0.3) is 12.2 Å². The number of hydrogen-bond donors (Lipinski definition) is 0. The summed E-state index contributed by atoms with van der Waals surface area (Å²) in [5.74, 6) is -0.329. The Hall–Kier alpha value is -2.50. The quantitative estimate of drug-likeness (QED) is 0.604. The maximum atomic E-state index is 13.4. The summed E-state index contributed by atoms with van der Waals surface area (Å²) in [5.41, 5.74) is -0.0513. The van der Waals surface area contributed by atoms with Crippen LogP contribution in [0.15, 0.2) is 35.1 Å². The van der Waals surface area contributed by atoms with Gasteiger partial charge in [-0.3, -0.25) is 10.1 Å². The maximum Gasteiger partial charge on any atom is 0.272 e. The molecule has 0 N–H and O–H groups in total. The van der Waals surface area contributed by atoms with Gasteiger partial charge in [-0.15, -0.1) is 0 Å². The predicted molar refractivity (Wildman–Crippen MR) is 58.5 cm³/mol. The largest absolute Gasteiger partial charge is 0.445 e. The Bertz CT molecular complexity index is 564. The zero-order chi connectivity index (χ0) is 12.3. The molecule has 0 atom stereocenters. The minimum atomic E-state index is -0.665. The minimum absolute atomic E-state index is 0.230. The summed E-state index contributed by atoms with van der Waals surface area (Å²) in [6, 6.07) is 3.43. The highest BCUT2D eigenvalue weighted by molar-refractivity contribution is 5.66. The maximum absolute atomic E-state index is 13.4. The van der Waals surface area contributed by atoms with Crippen LogP contribution in [-0.4, -0.2) is 9.91 Å². The molecule has 6 heteroatoms. The van der Waals surface area contributed by atoms with Gasteiger partial charge >= 0.3 is 0 Å². The summed E-state index contributed by atoms with van der Waals surface area (Å²) in [6.07, 6.45) is 5.77. The van der Waals surface area contributed by atoms with Crippen molar-refractivity contribution in [2.75, 3.05) is 0 Å². The molecule has 17 heavy (non-hydrogen) atoms. The summed E-state index contributed by atoms with van der Waals surface area (Å²) in [4.78, 5) is 13.6. The van der Waals surface area contributed by atoms with Crippen molar-refractivity contribution in [2.45, 2.75) is 0 Å². The van der Waals surface area contributed by atoms with Gasteiger partial charge in [-0.25, -0.2) is 9.37 Å². The van der Waals surface area contributed by atoms with E-state index >= 15 is 0 Å². The molecule has 1 aromatic carbocycles. The van der Waals surface area contributed by atoms with Crippen molar-refractivity contribution < 1.29 is 13.7 Å². The first-order chi connectivity index (χ1) is 8.16. The van der Waals surface area contributed by atoms with Crippen molar-refractivity contribution in [1.29, 1.82) is 0 Å². The summed E-state index contributed by atoms with van der Waals surface area (Å²) in [5, 5.41) is 10.4. The third-order valence-corrected chi connectivity index (χ3v) is 2.05. The number of nitrogens with zero attached hydrogens (tertiary/aromatic N) is 2. The van der Waals surface area contributed by atoms with Crippen LogP contribution >= 0.6 is 0 Å². The van der Waals surface area contributed by atoms with Crippen LogP contribution in [0.5, 0.6) is 0 Å². The van der Waals surface area contributed by atoms with Crippen LogP contribution in [0.3, 0.4) is 0 Å². The van der Waals surface area contributed by atoms with Gasteiger partial charge in [0.1, 0.15) is 12.1 Å². The van der Waals surface area contributed by atoms with Crippen molar-refractivity contribution in [1.82, 2.24) is 4.98 Å². The highest BCUT2D eigenvalue weighted by Crippen LogP contribution is 2.18. The predicted octanol–water partition coefficient (Wildman–Crippen LogP) is 2.89. The van der Waals surface area contributed by atoms with E-state index in [2.05, 4.69) is 4.98 Å². The molecule has 0 saturated carbocycles. The average molecular weight is 234 g/mol. The number of rotatable bonds is 3. The molecule has 0 unspecified atom stereocenters. The minimum Gasteiger partial charge on any atom is -0.445 e. The number of hydrogen-bond acceptors (Lipinski definition) is 4. The lowest BCUT2D eigenvalue weighted by Gasteiger charge is -1.96. The first-order valence-electron chi connectivity index (χ1n) is 4.68. The molecule has 0 aliphatic carbocycles. The second-order valence-corrected chi connectivity index (χ2v) is 3.17. The topological polar surface area (TPSA) is 69.2 Å². The highest BCUT2D eigenvalue weighted by Gasteiger charge is 2.08. The SMILES string of the molecule is O=[N+]([O-])c1ccc(C=Cc2ncco2)c(F)c1. The average Bonchev–Trinajstić information content (AvgIpc) is 2.80. The Morgan fingerprint density at radius 3 is 2.82 bits per heavy atom. The Morgan fingerprint density at radius 2 is 2.24 bits per heavy atom. The molecule has 1 heterocycles. The van der Waals surface area contributed by atoms with Gasteiger partial charge in [-0.1, -0.05) is 0 Å². The lowest BCUT2D eigenvalue weighted by atomic mass is 10.2. The van der Waals surface area contributed by atoms with Crippen LogP contribution in [0, 0.1) is 15.9 Å². The van der Waals surface area contributed by atoms with Crippen LogP contribution < -0.4 is 0 Å². The molecule has 2 aromatic rings. The summed E-state index contributed by atoms with van der Waals surface area (Å²) in [6.45, 7) is 0. The van der Waals surface area contributed by atoms with E-state index in [1.807, 2.05) is 0 Å². The molecule has 0 amide bonds. The Kier molecular flexibility index (Phi) is 2.95. The number of nitro groups is 1. The van der Waals surface area contributed by atoms with Crippen molar-refractivity contribution in [3.63, 3.8) is 0 Å². The zero-order valence-electron chi connectivity index (χ0n) is 8.54. The van der Waals surface area contributed by atoms with Gasteiger partial charge < -0.3 is 4.42 Å². The molecule has 0 bridgehead atoms. The third kappa shape index (κ3) is 2.54. The van der Waals surface area contributed by atoms with E-state index in [1.165, 1.54) is 36.7 Å². The van der Waals surface area contributed by atoms with Gasteiger partial charge in [0.15, 0.2) is 0 Å². The van der Waals surface area contributed by atoms with Gasteiger partial charge in [-0.2, -0.15) is 0 Å². The molecule has 86 valence electrons. The number of oxazole rings is 1. The van der Waals surface area contributed by atoms with Crippen LogP contribution in [-0.2, 0) is 0 Å². The highest BCUT2D eigenvalue weighted by atomic mass is 19.1. The van der Waals surface area contributed by atoms with Gasteiger partial charge in [0, 0.05) is 17.7 Å². The smallest absolute Gasteiger partial charge is 0.272 e. The fourth-order valence-corrected chi connectivity index (χ4v) is 1.24. The van der Waals surface area contributed by atoms with Gasteiger partial charge in [0.2, 0.25) is 5.89 Å². The van der Waals surface area contributed by atoms with E-state index in [9.17, 15) is 14.5 Å². The molecule has 2 rings (SSSR count). The number of benzene rings is 1. The van der Waals surface area contributed by atoms with Crippen molar-refractivity contribution in [3.8, 4) is 0 Å². The number of halogens is 1. The molecule has 0 aliphatic heterocycles. The van der Waals surface area contributed by atoms with Gasteiger partial charge in [0.25, 0.3) is 5.69 Å². The lowest BCUT2D eigenvalue weighted by Crippen LogP contribution is -1.90. The zero-order valence-corrected chi connectivity index (χ0v) is 8.54. The second-order valence-electron chi connectivity index (χ2n) is 3.17. The molecule has 0 saturated heterocycles. The monoisotopic (exact) mass is 234 g/mol. The van der Waals surface area contributed by atoms with E-state index in [4.69, 9.17) is 4.42 Å². The Balaban J connectivity index is 2.25. The van der Waals surface area contributed by atoms with E-state index in [1.54, 1.807) is 0 Å². The summed E-state index contributed by atoms with van der Waals surface area (Å²) < 4.78 is 18.4. The fraction of sp³-hybridized carbons (Fsp3) is 0. The van der Waals surface area contributed by atoms with Crippen molar-refractivity contribution >= 4 is 17.8 Å². The van der Waals surface area contributed by atoms with Crippen LogP contribution in [0.4, 0.5) is 10.1 Å². The Morgan fingerprint density at radius 1 is 1.41 bits per heavy atom. The van der Waals surface area contributed by atoms with Crippen molar-refractivity contribution in [3.05, 3.63) is 58.0 Å². The van der Waals surface area contributed by atoms with E-state index in [0.717, 1.165) is 6.07 Å². The molecular weight excluding hydrogens is 227 g/mol. The molecule has 0 fully saturated rings. The molecular formula is C11H7FN2O3. The molecule has 0 aliphatic rings. The Labute approximate surface area is 95.4 Å². The van der Waals surface area contributed by atoms with E-state index in [0.29, 0.717) is 5.89 Å². The normalized spacial score (nSPS) is 10.9.